The number of rotatable bonds is 2. The molecule has 0 radical (unpaired) electrons. The van der Waals surface area contributed by atoms with Gasteiger partial charge in [0, 0.05) is 12.6 Å². The highest BCUT2D eigenvalue weighted by Gasteiger charge is 2.31. The molecular weight excluding hydrogens is 267 g/mol. The van der Waals surface area contributed by atoms with E-state index >= 15 is 0 Å². The van der Waals surface area contributed by atoms with Crippen LogP contribution < -0.4 is 0 Å². The first kappa shape index (κ1) is 14.0. The first-order valence-electron chi connectivity index (χ1n) is 6.18. The summed E-state index contributed by atoms with van der Waals surface area (Å²) in [7, 11) is -3.65. The fourth-order valence-corrected chi connectivity index (χ4v) is 4.04. The summed E-state index contributed by atoms with van der Waals surface area (Å²) in [5, 5.41) is 8.77. The van der Waals surface area contributed by atoms with Crippen LogP contribution in [0.1, 0.15) is 31.7 Å². The highest BCUT2D eigenvalue weighted by atomic mass is 32.2. The van der Waals surface area contributed by atoms with Crippen molar-refractivity contribution in [1.29, 1.82) is 5.26 Å². The van der Waals surface area contributed by atoms with Crippen LogP contribution in [-0.2, 0) is 10.0 Å². The van der Waals surface area contributed by atoms with Crippen LogP contribution in [0.25, 0.3) is 0 Å². The lowest BCUT2D eigenvalue weighted by atomic mass is 10.1. The molecule has 6 heteroatoms. The second-order valence-electron chi connectivity index (χ2n) is 4.71. The molecule has 0 aromatic heterocycles. The minimum atomic E-state index is -3.65. The van der Waals surface area contributed by atoms with E-state index in [2.05, 4.69) is 0 Å². The van der Waals surface area contributed by atoms with E-state index in [9.17, 15) is 12.8 Å². The van der Waals surface area contributed by atoms with Gasteiger partial charge in [-0.05, 0) is 38.0 Å². The number of nitrogens with zero attached hydrogens (tertiary/aromatic N) is 2. The summed E-state index contributed by atoms with van der Waals surface area (Å²) in [6, 6.07) is 4.95. The van der Waals surface area contributed by atoms with Crippen LogP contribution in [0.2, 0.25) is 0 Å². The van der Waals surface area contributed by atoms with Crippen molar-refractivity contribution >= 4 is 10.0 Å². The molecule has 1 aromatic rings. The quantitative estimate of drug-likeness (QED) is 0.836. The Labute approximate surface area is 112 Å². The maximum Gasteiger partial charge on any atom is 0.243 e. The molecule has 0 aliphatic carbocycles. The second kappa shape index (κ2) is 5.27. The summed E-state index contributed by atoms with van der Waals surface area (Å²) in [6.07, 6.45) is 2.67. The number of piperidine rings is 1. The van der Waals surface area contributed by atoms with Gasteiger partial charge >= 0.3 is 0 Å². The van der Waals surface area contributed by atoms with Crippen molar-refractivity contribution < 1.29 is 12.8 Å². The molecule has 0 saturated carbocycles. The summed E-state index contributed by atoms with van der Waals surface area (Å²) in [4.78, 5) is -0.0146. The van der Waals surface area contributed by atoms with Crippen molar-refractivity contribution in [3.05, 3.63) is 29.6 Å². The Balaban J connectivity index is 2.42. The highest BCUT2D eigenvalue weighted by Crippen LogP contribution is 2.25. The summed E-state index contributed by atoms with van der Waals surface area (Å²) < 4.78 is 39.6. The van der Waals surface area contributed by atoms with E-state index in [4.69, 9.17) is 5.26 Å². The van der Waals surface area contributed by atoms with E-state index in [1.54, 1.807) is 6.07 Å². The maximum atomic E-state index is 13.2. The second-order valence-corrected chi connectivity index (χ2v) is 6.60. The lowest BCUT2D eigenvalue weighted by molar-refractivity contribution is 0.268. The molecule has 1 aromatic carbocycles. The Morgan fingerprint density at radius 3 is 2.79 bits per heavy atom. The van der Waals surface area contributed by atoms with Gasteiger partial charge < -0.3 is 0 Å². The van der Waals surface area contributed by atoms with Crippen molar-refractivity contribution in [3.8, 4) is 6.07 Å². The van der Waals surface area contributed by atoms with E-state index in [1.807, 2.05) is 6.92 Å². The fourth-order valence-electron chi connectivity index (χ4n) is 2.31. The Kier molecular flexibility index (Phi) is 3.88. The summed E-state index contributed by atoms with van der Waals surface area (Å²) >= 11 is 0. The van der Waals surface area contributed by atoms with E-state index in [0.29, 0.717) is 6.54 Å². The molecule has 0 amide bonds. The third-order valence-electron chi connectivity index (χ3n) is 3.41. The Hall–Kier alpha value is -1.45. The van der Waals surface area contributed by atoms with Crippen LogP contribution in [0.4, 0.5) is 4.39 Å². The molecule has 1 unspecified atom stereocenters. The standard InChI is InChI=1S/C13H15FN2O2S/c1-10-4-2-3-7-16(10)19(17,18)12-5-6-13(14)11(8-12)9-15/h5-6,8,10H,2-4,7H2,1H3. The van der Waals surface area contributed by atoms with Gasteiger partial charge in [0.1, 0.15) is 11.9 Å². The zero-order valence-electron chi connectivity index (χ0n) is 10.6. The number of sulfonamides is 1. The van der Waals surface area contributed by atoms with Gasteiger partial charge in [0.05, 0.1) is 10.5 Å². The topological polar surface area (TPSA) is 61.2 Å². The van der Waals surface area contributed by atoms with Gasteiger partial charge in [0.2, 0.25) is 10.0 Å². The number of hydrogen-bond acceptors (Lipinski definition) is 3. The Morgan fingerprint density at radius 1 is 1.42 bits per heavy atom. The van der Waals surface area contributed by atoms with Crippen molar-refractivity contribution in [2.75, 3.05) is 6.54 Å². The summed E-state index contributed by atoms with van der Waals surface area (Å²) in [6.45, 7) is 2.34. The third kappa shape index (κ3) is 2.62. The lowest BCUT2D eigenvalue weighted by Crippen LogP contribution is -2.41. The average molecular weight is 282 g/mol. The molecule has 19 heavy (non-hydrogen) atoms. The highest BCUT2D eigenvalue weighted by molar-refractivity contribution is 7.89. The molecule has 102 valence electrons. The van der Waals surface area contributed by atoms with Gasteiger partial charge in [0.15, 0.2) is 0 Å². The van der Waals surface area contributed by atoms with Gasteiger partial charge in [-0.2, -0.15) is 9.57 Å². The minimum Gasteiger partial charge on any atom is -0.207 e. The first-order chi connectivity index (χ1) is 8.96. The molecule has 1 saturated heterocycles. The van der Waals surface area contributed by atoms with Gasteiger partial charge in [-0.3, -0.25) is 0 Å². The molecule has 1 heterocycles. The van der Waals surface area contributed by atoms with Gasteiger partial charge in [-0.15, -0.1) is 0 Å². The monoisotopic (exact) mass is 282 g/mol. The van der Waals surface area contributed by atoms with Crippen molar-refractivity contribution in [2.24, 2.45) is 0 Å². The Bertz CT molecular complexity index is 622. The van der Waals surface area contributed by atoms with Crippen molar-refractivity contribution in [1.82, 2.24) is 4.31 Å². The van der Waals surface area contributed by atoms with Gasteiger partial charge in [-0.1, -0.05) is 6.42 Å². The zero-order valence-corrected chi connectivity index (χ0v) is 11.5. The smallest absolute Gasteiger partial charge is 0.207 e. The zero-order chi connectivity index (χ0) is 14.0. The maximum absolute atomic E-state index is 13.2. The third-order valence-corrected chi connectivity index (χ3v) is 5.42. The van der Waals surface area contributed by atoms with Crippen LogP contribution in [-0.4, -0.2) is 25.3 Å². The fraction of sp³-hybridized carbons (Fsp3) is 0.462. The van der Waals surface area contributed by atoms with Crippen LogP contribution in [0.3, 0.4) is 0 Å². The van der Waals surface area contributed by atoms with Gasteiger partial charge in [0.25, 0.3) is 0 Å². The minimum absolute atomic E-state index is 0.0146. The van der Waals surface area contributed by atoms with Crippen LogP contribution in [0.15, 0.2) is 23.1 Å². The van der Waals surface area contributed by atoms with Crippen molar-refractivity contribution in [2.45, 2.75) is 37.1 Å². The summed E-state index contributed by atoms with van der Waals surface area (Å²) in [5.41, 5.74) is -0.245. The van der Waals surface area contributed by atoms with E-state index in [-0.39, 0.29) is 16.5 Å². The first-order valence-corrected chi connectivity index (χ1v) is 7.62. The van der Waals surface area contributed by atoms with E-state index in [1.165, 1.54) is 10.4 Å². The molecule has 1 aliphatic rings. The molecule has 0 bridgehead atoms. The van der Waals surface area contributed by atoms with E-state index < -0.39 is 15.8 Å². The van der Waals surface area contributed by atoms with Gasteiger partial charge in [-0.25, -0.2) is 12.8 Å². The average Bonchev–Trinajstić information content (AvgIpc) is 2.39. The molecular formula is C13H15FN2O2S. The number of benzene rings is 1. The number of nitriles is 1. The molecule has 4 nitrogen and oxygen atoms in total. The SMILES string of the molecule is CC1CCCCN1S(=O)(=O)c1ccc(F)c(C#N)c1. The predicted octanol–water partition coefficient (Wildman–Crippen LogP) is 2.26. The normalized spacial score (nSPS) is 21.0. The number of hydrogen-bond donors (Lipinski definition) is 0. The largest absolute Gasteiger partial charge is 0.243 e. The summed E-state index contributed by atoms with van der Waals surface area (Å²) in [5.74, 6) is -0.701. The van der Waals surface area contributed by atoms with Crippen LogP contribution in [0, 0.1) is 17.1 Å². The molecule has 1 atom stereocenters. The predicted molar refractivity (Wildman–Crippen MR) is 68.3 cm³/mol. The Morgan fingerprint density at radius 2 is 2.16 bits per heavy atom. The van der Waals surface area contributed by atoms with E-state index in [0.717, 1.165) is 31.4 Å². The van der Waals surface area contributed by atoms with Crippen LogP contribution in [0.5, 0.6) is 0 Å². The molecule has 0 N–H and O–H groups in total. The molecule has 1 fully saturated rings. The molecule has 0 spiro atoms. The molecule has 2 rings (SSSR count). The van der Waals surface area contributed by atoms with Crippen molar-refractivity contribution in [3.63, 3.8) is 0 Å². The van der Waals surface area contributed by atoms with Crippen LogP contribution >= 0.6 is 0 Å². The molecule has 1 aliphatic heterocycles. The lowest BCUT2D eigenvalue weighted by Gasteiger charge is -2.32. The number of halogens is 1.